The Morgan fingerprint density at radius 2 is 1.27 bits per heavy atom. The zero-order valence-corrected chi connectivity index (χ0v) is 12.9. The van der Waals surface area contributed by atoms with Crippen LogP contribution in [-0.2, 0) is 0 Å². The van der Waals surface area contributed by atoms with Crippen LogP contribution in [0.1, 0.15) is 23.7 Å². The molecule has 116 valence electrons. The molecule has 0 aliphatic carbocycles. The van der Waals surface area contributed by atoms with Gasteiger partial charge in [0.15, 0.2) is 5.78 Å². The first-order valence-electron chi connectivity index (χ1n) is 7.19. The zero-order chi connectivity index (χ0) is 15.8. The van der Waals surface area contributed by atoms with Gasteiger partial charge < -0.3 is 14.2 Å². The number of carbonyl (C=O) groups excluding carboxylic acids is 1. The summed E-state index contributed by atoms with van der Waals surface area (Å²) < 4.78 is 16.3. The van der Waals surface area contributed by atoms with Crippen molar-refractivity contribution < 1.29 is 19.0 Å². The third kappa shape index (κ3) is 4.81. The molecule has 0 amide bonds. The van der Waals surface area contributed by atoms with Gasteiger partial charge in [0.2, 0.25) is 0 Å². The first-order valence-corrected chi connectivity index (χ1v) is 7.19. The highest BCUT2D eigenvalue weighted by Gasteiger charge is 2.00. The number of rotatable bonds is 8. The maximum Gasteiger partial charge on any atom is 0.159 e. The molecule has 0 aliphatic heterocycles. The smallest absolute Gasteiger partial charge is 0.159 e. The van der Waals surface area contributed by atoms with E-state index in [-0.39, 0.29) is 5.78 Å². The van der Waals surface area contributed by atoms with Crippen LogP contribution >= 0.6 is 0 Å². The SMILES string of the molecule is COc1ccc(OCCCOc2ccc(C(C)=O)cc2)cc1. The number of ketones is 1. The summed E-state index contributed by atoms with van der Waals surface area (Å²) in [5.41, 5.74) is 0.690. The first-order chi connectivity index (χ1) is 10.7. The second-order valence-corrected chi connectivity index (χ2v) is 4.81. The van der Waals surface area contributed by atoms with Crippen molar-refractivity contribution in [3.8, 4) is 17.2 Å². The standard InChI is InChI=1S/C18H20O4/c1-14(19)15-4-6-17(7-5-15)21-12-3-13-22-18-10-8-16(20-2)9-11-18/h4-11H,3,12-13H2,1-2H3. The summed E-state index contributed by atoms with van der Waals surface area (Å²) in [4.78, 5) is 11.2. The normalized spacial score (nSPS) is 10.1. The van der Waals surface area contributed by atoms with Gasteiger partial charge in [0, 0.05) is 12.0 Å². The lowest BCUT2D eigenvalue weighted by Gasteiger charge is -2.09. The number of ether oxygens (including phenoxy) is 3. The molecule has 0 fully saturated rings. The molecule has 2 aromatic carbocycles. The molecule has 4 heteroatoms. The number of carbonyl (C=O) groups is 1. The van der Waals surface area contributed by atoms with Gasteiger partial charge in [0.05, 0.1) is 20.3 Å². The van der Waals surface area contributed by atoms with Crippen molar-refractivity contribution >= 4 is 5.78 Å². The molecule has 4 nitrogen and oxygen atoms in total. The Morgan fingerprint density at radius 3 is 1.73 bits per heavy atom. The van der Waals surface area contributed by atoms with E-state index < -0.39 is 0 Å². The maximum absolute atomic E-state index is 11.2. The van der Waals surface area contributed by atoms with Crippen LogP contribution in [0.25, 0.3) is 0 Å². The van der Waals surface area contributed by atoms with Gasteiger partial charge in [0.1, 0.15) is 17.2 Å². The average molecular weight is 300 g/mol. The molecule has 2 aromatic rings. The Morgan fingerprint density at radius 1 is 0.818 bits per heavy atom. The van der Waals surface area contributed by atoms with Crippen LogP contribution in [0.5, 0.6) is 17.2 Å². The number of methoxy groups -OCH3 is 1. The quantitative estimate of drug-likeness (QED) is 0.550. The molecule has 0 aliphatic rings. The van der Waals surface area contributed by atoms with Crippen LogP contribution in [0.4, 0.5) is 0 Å². The number of hydrogen-bond donors (Lipinski definition) is 0. The van der Waals surface area contributed by atoms with Gasteiger partial charge >= 0.3 is 0 Å². The minimum Gasteiger partial charge on any atom is -0.497 e. The molecule has 0 spiro atoms. The van der Waals surface area contributed by atoms with E-state index in [0.717, 1.165) is 23.7 Å². The van der Waals surface area contributed by atoms with Crippen LogP contribution in [0, 0.1) is 0 Å². The molecule has 0 N–H and O–H groups in total. The molecule has 0 saturated heterocycles. The summed E-state index contributed by atoms with van der Waals surface area (Å²) in [6.07, 6.45) is 0.778. The van der Waals surface area contributed by atoms with Crippen LogP contribution in [-0.4, -0.2) is 26.1 Å². The van der Waals surface area contributed by atoms with E-state index in [9.17, 15) is 4.79 Å². The average Bonchev–Trinajstić information content (AvgIpc) is 2.55. The molecule has 0 saturated carbocycles. The lowest BCUT2D eigenvalue weighted by molar-refractivity contribution is 0.101. The molecular formula is C18H20O4. The van der Waals surface area contributed by atoms with E-state index in [0.29, 0.717) is 18.8 Å². The van der Waals surface area contributed by atoms with Crippen molar-refractivity contribution in [2.75, 3.05) is 20.3 Å². The predicted molar refractivity (Wildman–Crippen MR) is 85.0 cm³/mol. The Labute approximate surface area is 130 Å². The molecule has 22 heavy (non-hydrogen) atoms. The van der Waals surface area contributed by atoms with Gasteiger partial charge in [-0.15, -0.1) is 0 Å². The summed E-state index contributed by atoms with van der Waals surface area (Å²) in [6.45, 7) is 2.69. The summed E-state index contributed by atoms with van der Waals surface area (Å²) >= 11 is 0. The number of benzene rings is 2. The fourth-order valence-electron chi connectivity index (χ4n) is 1.90. The van der Waals surface area contributed by atoms with Gasteiger partial charge in [-0.25, -0.2) is 0 Å². The van der Waals surface area contributed by atoms with Gasteiger partial charge in [-0.05, 0) is 55.5 Å². The Kier molecular flexibility index (Phi) is 5.83. The molecule has 0 aromatic heterocycles. The van der Waals surface area contributed by atoms with E-state index in [4.69, 9.17) is 14.2 Å². The largest absolute Gasteiger partial charge is 0.497 e. The lowest BCUT2D eigenvalue weighted by atomic mass is 10.1. The van der Waals surface area contributed by atoms with Crippen molar-refractivity contribution in [2.45, 2.75) is 13.3 Å². The van der Waals surface area contributed by atoms with Crippen LogP contribution in [0.2, 0.25) is 0 Å². The van der Waals surface area contributed by atoms with Crippen molar-refractivity contribution in [3.05, 3.63) is 54.1 Å². The Balaban J connectivity index is 1.67. The first kappa shape index (κ1) is 15.9. The van der Waals surface area contributed by atoms with E-state index in [1.807, 2.05) is 24.3 Å². The second-order valence-electron chi connectivity index (χ2n) is 4.81. The van der Waals surface area contributed by atoms with E-state index in [1.165, 1.54) is 0 Å². The summed E-state index contributed by atoms with van der Waals surface area (Å²) in [6, 6.07) is 14.6. The molecule has 0 radical (unpaired) electrons. The monoisotopic (exact) mass is 300 g/mol. The minimum atomic E-state index is 0.0550. The van der Waals surface area contributed by atoms with E-state index in [2.05, 4.69) is 0 Å². The Bertz CT molecular complexity index is 587. The lowest BCUT2D eigenvalue weighted by Crippen LogP contribution is -2.05. The summed E-state index contributed by atoms with van der Waals surface area (Å²) in [7, 11) is 1.64. The van der Waals surface area contributed by atoms with Crippen molar-refractivity contribution in [1.29, 1.82) is 0 Å². The molecule has 2 rings (SSSR count). The minimum absolute atomic E-state index is 0.0550. The maximum atomic E-state index is 11.2. The molecular weight excluding hydrogens is 280 g/mol. The fraction of sp³-hybridized carbons (Fsp3) is 0.278. The van der Waals surface area contributed by atoms with Gasteiger partial charge in [-0.1, -0.05) is 0 Å². The van der Waals surface area contributed by atoms with Crippen LogP contribution in [0.3, 0.4) is 0 Å². The summed E-state index contributed by atoms with van der Waals surface area (Å²) in [5, 5.41) is 0. The number of Topliss-reactive ketones (excluding diaryl/α,β-unsaturated/α-hetero) is 1. The van der Waals surface area contributed by atoms with E-state index >= 15 is 0 Å². The third-order valence-electron chi connectivity index (χ3n) is 3.15. The Hall–Kier alpha value is -2.49. The highest BCUT2D eigenvalue weighted by atomic mass is 16.5. The highest BCUT2D eigenvalue weighted by Crippen LogP contribution is 2.17. The van der Waals surface area contributed by atoms with Crippen molar-refractivity contribution in [3.63, 3.8) is 0 Å². The third-order valence-corrected chi connectivity index (χ3v) is 3.15. The molecule has 0 unspecified atom stereocenters. The molecule has 0 atom stereocenters. The topological polar surface area (TPSA) is 44.8 Å². The number of hydrogen-bond acceptors (Lipinski definition) is 4. The predicted octanol–water partition coefficient (Wildman–Crippen LogP) is 3.75. The molecule has 0 heterocycles. The second kappa shape index (κ2) is 8.08. The van der Waals surface area contributed by atoms with Crippen molar-refractivity contribution in [2.24, 2.45) is 0 Å². The van der Waals surface area contributed by atoms with Crippen LogP contribution < -0.4 is 14.2 Å². The highest BCUT2D eigenvalue weighted by molar-refractivity contribution is 5.94. The molecule has 0 bridgehead atoms. The van der Waals surface area contributed by atoms with Gasteiger partial charge in [-0.2, -0.15) is 0 Å². The van der Waals surface area contributed by atoms with Crippen LogP contribution in [0.15, 0.2) is 48.5 Å². The zero-order valence-electron chi connectivity index (χ0n) is 12.9. The summed E-state index contributed by atoms with van der Waals surface area (Å²) in [5.74, 6) is 2.44. The van der Waals surface area contributed by atoms with E-state index in [1.54, 1.807) is 38.3 Å². The van der Waals surface area contributed by atoms with Crippen molar-refractivity contribution in [1.82, 2.24) is 0 Å². The van der Waals surface area contributed by atoms with Gasteiger partial charge in [0.25, 0.3) is 0 Å². The van der Waals surface area contributed by atoms with Gasteiger partial charge in [-0.3, -0.25) is 4.79 Å². The fourth-order valence-corrected chi connectivity index (χ4v) is 1.90.